The molecule has 1 fully saturated rings. The number of anilines is 2. The zero-order valence-electron chi connectivity index (χ0n) is 19.9. The van der Waals surface area contributed by atoms with E-state index in [9.17, 15) is 8.78 Å². The number of hydrazone groups is 1. The molecule has 1 N–H and O–H groups in total. The number of aromatic nitrogens is 1. The summed E-state index contributed by atoms with van der Waals surface area (Å²) in [6.45, 7) is 5.34. The Morgan fingerprint density at radius 3 is 1.97 bits per heavy atom. The average molecular weight is 504 g/mol. The molecule has 5 nitrogen and oxygen atoms in total. The summed E-state index contributed by atoms with van der Waals surface area (Å²) in [5, 5.41) is 7.03. The van der Waals surface area contributed by atoms with Crippen LogP contribution in [0.15, 0.2) is 83.3 Å². The summed E-state index contributed by atoms with van der Waals surface area (Å²) < 4.78 is 27.2. The van der Waals surface area contributed by atoms with Crippen LogP contribution in [0.4, 0.5) is 19.6 Å². The fourth-order valence-electron chi connectivity index (χ4n) is 4.48. The highest BCUT2D eigenvalue weighted by atomic mass is 32.1. The second-order valence-corrected chi connectivity index (χ2v) is 9.64. The smallest absolute Gasteiger partial charge is 0.203 e. The van der Waals surface area contributed by atoms with E-state index in [4.69, 9.17) is 0 Å². The molecule has 0 bridgehead atoms. The molecule has 0 saturated carbocycles. The molecule has 4 aromatic rings. The molecule has 2 heterocycles. The van der Waals surface area contributed by atoms with E-state index in [-0.39, 0.29) is 17.7 Å². The van der Waals surface area contributed by atoms with Gasteiger partial charge in [0.05, 0.1) is 18.0 Å². The molecule has 3 aromatic carbocycles. The van der Waals surface area contributed by atoms with Crippen LogP contribution >= 0.6 is 11.3 Å². The van der Waals surface area contributed by atoms with Gasteiger partial charge < -0.3 is 4.90 Å². The lowest BCUT2D eigenvalue weighted by Gasteiger charge is -2.40. The second kappa shape index (κ2) is 11.0. The van der Waals surface area contributed by atoms with Crippen LogP contribution in [0, 0.1) is 18.6 Å². The maximum Gasteiger partial charge on any atom is 0.203 e. The Balaban J connectivity index is 1.24. The quantitative estimate of drug-likeness (QED) is 0.245. The topological polar surface area (TPSA) is 43.8 Å². The van der Waals surface area contributed by atoms with Gasteiger partial charge in [-0.2, -0.15) is 5.10 Å². The Kier molecular flexibility index (Phi) is 7.34. The molecule has 5 rings (SSSR count). The zero-order chi connectivity index (χ0) is 24.9. The molecule has 1 saturated heterocycles. The van der Waals surface area contributed by atoms with E-state index in [0.29, 0.717) is 0 Å². The molecule has 0 radical (unpaired) electrons. The van der Waals surface area contributed by atoms with Crippen molar-refractivity contribution in [2.75, 3.05) is 36.5 Å². The maximum atomic E-state index is 13.6. The van der Waals surface area contributed by atoms with Crippen LogP contribution in [0.1, 0.15) is 28.4 Å². The molecule has 36 heavy (non-hydrogen) atoms. The molecule has 184 valence electrons. The van der Waals surface area contributed by atoms with Gasteiger partial charge in [0, 0.05) is 37.2 Å². The second-order valence-electron chi connectivity index (χ2n) is 8.78. The highest BCUT2D eigenvalue weighted by molar-refractivity contribution is 7.13. The summed E-state index contributed by atoms with van der Waals surface area (Å²) in [7, 11) is 0. The standard InChI is InChI=1S/C28H27F2N5S/c1-20-19-36-28(32-20)33-31-18-21-2-12-26(13-3-21)34-14-16-35(17-15-34)27(22-4-8-24(29)9-5-22)23-6-10-25(30)11-7-23/h2-13,18-19,27H,14-17H2,1H3,(H,32,33). The first-order valence-corrected chi connectivity index (χ1v) is 12.7. The van der Waals surface area contributed by atoms with E-state index in [1.165, 1.54) is 35.6 Å². The Hall–Kier alpha value is -3.62. The number of halogens is 2. The predicted molar refractivity (Wildman–Crippen MR) is 143 cm³/mol. The highest BCUT2D eigenvalue weighted by Gasteiger charge is 2.26. The lowest BCUT2D eigenvalue weighted by Crippen LogP contribution is -2.48. The van der Waals surface area contributed by atoms with Crippen LogP contribution in [-0.4, -0.2) is 42.3 Å². The van der Waals surface area contributed by atoms with Gasteiger partial charge in [0.2, 0.25) is 5.13 Å². The lowest BCUT2D eigenvalue weighted by atomic mass is 9.96. The van der Waals surface area contributed by atoms with Crippen molar-refractivity contribution in [3.05, 3.63) is 112 Å². The van der Waals surface area contributed by atoms with Gasteiger partial charge in [-0.25, -0.2) is 13.8 Å². The Bertz CT molecular complexity index is 1250. The minimum atomic E-state index is -0.260. The third-order valence-electron chi connectivity index (χ3n) is 6.30. The van der Waals surface area contributed by atoms with Gasteiger partial charge in [-0.05, 0) is 60.0 Å². The van der Waals surface area contributed by atoms with Crippen molar-refractivity contribution in [3.8, 4) is 0 Å². The van der Waals surface area contributed by atoms with Crippen molar-refractivity contribution >= 4 is 28.4 Å². The number of benzene rings is 3. The number of rotatable bonds is 7. The van der Waals surface area contributed by atoms with Gasteiger partial charge in [-0.3, -0.25) is 10.3 Å². The Morgan fingerprint density at radius 2 is 1.44 bits per heavy atom. The van der Waals surface area contributed by atoms with Crippen LogP contribution in [0.5, 0.6) is 0 Å². The predicted octanol–water partition coefficient (Wildman–Crippen LogP) is 6.09. The Labute approximate surface area is 213 Å². The number of aryl methyl sites for hydroxylation is 1. The summed E-state index contributed by atoms with van der Waals surface area (Å²) >= 11 is 1.53. The number of nitrogens with zero attached hydrogens (tertiary/aromatic N) is 4. The minimum absolute atomic E-state index is 0.0546. The van der Waals surface area contributed by atoms with Crippen molar-refractivity contribution in [2.24, 2.45) is 5.10 Å². The van der Waals surface area contributed by atoms with Gasteiger partial charge in [0.1, 0.15) is 11.6 Å². The van der Waals surface area contributed by atoms with E-state index in [1.54, 1.807) is 6.21 Å². The zero-order valence-corrected chi connectivity index (χ0v) is 20.8. The third-order valence-corrected chi connectivity index (χ3v) is 7.17. The first-order valence-electron chi connectivity index (χ1n) is 11.9. The molecular weight excluding hydrogens is 476 g/mol. The van der Waals surface area contributed by atoms with Gasteiger partial charge in [-0.15, -0.1) is 11.3 Å². The first-order chi connectivity index (χ1) is 17.5. The van der Waals surface area contributed by atoms with E-state index in [2.05, 4.69) is 49.6 Å². The molecule has 1 aliphatic rings. The number of hydrogen-bond acceptors (Lipinski definition) is 6. The first kappa shape index (κ1) is 24.1. The fraction of sp³-hybridized carbons (Fsp3) is 0.214. The highest BCUT2D eigenvalue weighted by Crippen LogP contribution is 2.31. The number of hydrogen-bond donors (Lipinski definition) is 1. The maximum absolute atomic E-state index is 13.6. The van der Waals surface area contributed by atoms with Gasteiger partial charge in [0.25, 0.3) is 0 Å². The average Bonchev–Trinajstić information content (AvgIpc) is 3.32. The van der Waals surface area contributed by atoms with Gasteiger partial charge in [-0.1, -0.05) is 36.4 Å². The van der Waals surface area contributed by atoms with Gasteiger partial charge in [0.15, 0.2) is 0 Å². The van der Waals surface area contributed by atoms with Crippen molar-refractivity contribution in [2.45, 2.75) is 13.0 Å². The van der Waals surface area contributed by atoms with Crippen LogP contribution in [0.25, 0.3) is 0 Å². The summed E-state index contributed by atoms with van der Waals surface area (Å²) in [6, 6.07) is 21.5. The van der Waals surface area contributed by atoms with Crippen molar-refractivity contribution in [3.63, 3.8) is 0 Å². The molecule has 0 spiro atoms. The third kappa shape index (κ3) is 5.78. The SMILES string of the molecule is Cc1csc(NN=Cc2ccc(N3CCN(C(c4ccc(F)cc4)c4ccc(F)cc4)CC3)cc2)n1. The largest absolute Gasteiger partial charge is 0.369 e. The molecule has 0 aliphatic carbocycles. The fourth-order valence-corrected chi connectivity index (χ4v) is 5.12. The summed E-state index contributed by atoms with van der Waals surface area (Å²) in [4.78, 5) is 9.07. The van der Waals surface area contributed by atoms with Crippen LogP contribution < -0.4 is 10.3 Å². The van der Waals surface area contributed by atoms with Crippen LogP contribution in [0.2, 0.25) is 0 Å². The summed E-state index contributed by atoms with van der Waals surface area (Å²) in [5.41, 5.74) is 8.11. The lowest BCUT2D eigenvalue weighted by molar-refractivity contribution is 0.212. The monoisotopic (exact) mass is 503 g/mol. The molecule has 1 aromatic heterocycles. The molecule has 8 heteroatoms. The van der Waals surface area contributed by atoms with E-state index < -0.39 is 0 Å². The van der Waals surface area contributed by atoms with E-state index in [1.807, 2.05) is 36.6 Å². The molecule has 0 amide bonds. The Morgan fingerprint density at radius 1 is 0.861 bits per heavy atom. The molecule has 0 unspecified atom stereocenters. The normalized spacial score (nSPS) is 14.6. The number of thiazole rings is 1. The van der Waals surface area contributed by atoms with Crippen molar-refractivity contribution < 1.29 is 8.78 Å². The van der Waals surface area contributed by atoms with Crippen LogP contribution in [0.3, 0.4) is 0 Å². The summed E-state index contributed by atoms with van der Waals surface area (Å²) in [5.74, 6) is -0.520. The number of nitrogens with one attached hydrogen (secondary N) is 1. The summed E-state index contributed by atoms with van der Waals surface area (Å²) in [6.07, 6.45) is 1.79. The minimum Gasteiger partial charge on any atom is -0.369 e. The molecular formula is C28H27F2N5S. The van der Waals surface area contributed by atoms with Crippen LogP contribution in [-0.2, 0) is 0 Å². The van der Waals surface area contributed by atoms with E-state index in [0.717, 1.165) is 59.4 Å². The van der Waals surface area contributed by atoms with Gasteiger partial charge >= 0.3 is 0 Å². The van der Waals surface area contributed by atoms with E-state index >= 15 is 0 Å². The number of piperazine rings is 1. The van der Waals surface area contributed by atoms with Crippen molar-refractivity contribution in [1.82, 2.24) is 9.88 Å². The van der Waals surface area contributed by atoms with Crippen molar-refractivity contribution in [1.29, 1.82) is 0 Å². The molecule has 1 aliphatic heterocycles. The molecule has 0 atom stereocenters.